The Hall–Kier alpha value is -3.35. The second-order valence-corrected chi connectivity index (χ2v) is 6.95. The third kappa shape index (κ3) is 4.97. The third-order valence-electron chi connectivity index (χ3n) is 4.68. The Kier molecular flexibility index (Phi) is 5.70. The average molecular weight is 412 g/mol. The van der Waals surface area contributed by atoms with Crippen LogP contribution in [-0.4, -0.2) is 17.5 Å². The Morgan fingerprint density at radius 1 is 1.10 bits per heavy atom. The minimum Gasteiger partial charge on any atom is -0.488 e. The SMILES string of the molecule is FC(F)(F)c1ccc(-c2cc(N=C3COC=C(CC4=CC=CCC4)O3)ccn2)cc1. The van der Waals surface area contributed by atoms with Gasteiger partial charge in [0.05, 0.1) is 16.9 Å². The maximum absolute atomic E-state index is 12.8. The molecular formula is C23H19F3N2O2. The van der Waals surface area contributed by atoms with Crippen molar-refractivity contribution in [2.24, 2.45) is 4.99 Å². The Balaban J connectivity index is 1.48. The number of aromatic nitrogens is 1. The minimum absolute atomic E-state index is 0.209. The lowest BCUT2D eigenvalue weighted by molar-refractivity contribution is -0.137. The van der Waals surface area contributed by atoms with Crippen molar-refractivity contribution in [3.05, 3.63) is 84.0 Å². The van der Waals surface area contributed by atoms with Crippen molar-refractivity contribution < 1.29 is 22.6 Å². The van der Waals surface area contributed by atoms with Crippen LogP contribution in [0, 0.1) is 0 Å². The number of alkyl halides is 3. The van der Waals surface area contributed by atoms with E-state index in [4.69, 9.17) is 9.47 Å². The zero-order valence-corrected chi connectivity index (χ0v) is 16.0. The molecule has 0 fully saturated rings. The lowest BCUT2D eigenvalue weighted by atomic mass is 10.0. The van der Waals surface area contributed by atoms with Crippen LogP contribution in [0.2, 0.25) is 0 Å². The summed E-state index contributed by atoms with van der Waals surface area (Å²) in [5, 5.41) is 0. The average Bonchev–Trinajstić information content (AvgIpc) is 2.74. The molecule has 2 heterocycles. The molecule has 4 nitrogen and oxygen atoms in total. The van der Waals surface area contributed by atoms with Gasteiger partial charge in [-0.05, 0) is 37.1 Å². The molecule has 0 unspecified atom stereocenters. The van der Waals surface area contributed by atoms with E-state index in [1.54, 1.807) is 24.6 Å². The molecule has 0 N–H and O–H groups in total. The van der Waals surface area contributed by atoms with Gasteiger partial charge in [0, 0.05) is 18.2 Å². The summed E-state index contributed by atoms with van der Waals surface area (Å²) in [6.45, 7) is 0.209. The van der Waals surface area contributed by atoms with Crippen molar-refractivity contribution in [1.82, 2.24) is 4.98 Å². The van der Waals surface area contributed by atoms with Crippen molar-refractivity contribution in [3.8, 4) is 11.3 Å². The summed E-state index contributed by atoms with van der Waals surface area (Å²) in [7, 11) is 0. The predicted octanol–water partition coefficient (Wildman–Crippen LogP) is 6.35. The molecule has 1 aliphatic carbocycles. The summed E-state index contributed by atoms with van der Waals surface area (Å²) in [4.78, 5) is 8.72. The summed E-state index contributed by atoms with van der Waals surface area (Å²) in [5.74, 6) is 1.11. The highest BCUT2D eigenvalue weighted by atomic mass is 19.4. The monoisotopic (exact) mass is 412 g/mol. The van der Waals surface area contributed by atoms with Crippen molar-refractivity contribution in [2.75, 3.05) is 6.61 Å². The molecule has 1 aliphatic heterocycles. The number of nitrogens with zero attached hydrogens (tertiary/aromatic N) is 2. The van der Waals surface area contributed by atoms with E-state index in [0.29, 0.717) is 35.0 Å². The molecule has 0 amide bonds. The molecule has 0 spiro atoms. The van der Waals surface area contributed by atoms with Crippen molar-refractivity contribution in [3.63, 3.8) is 0 Å². The number of aliphatic imine (C=N–C) groups is 1. The number of ether oxygens (including phenoxy) is 2. The highest BCUT2D eigenvalue weighted by Gasteiger charge is 2.30. The molecule has 0 atom stereocenters. The molecule has 7 heteroatoms. The maximum Gasteiger partial charge on any atom is 0.416 e. The summed E-state index contributed by atoms with van der Waals surface area (Å²) in [5.41, 5.74) is 2.25. The summed E-state index contributed by atoms with van der Waals surface area (Å²) in [6.07, 6.45) is 7.72. The molecule has 0 saturated heterocycles. The summed E-state index contributed by atoms with van der Waals surface area (Å²) in [6, 6.07) is 8.28. The van der Waals surface area contributed by atoms with Crippen LogP contribution in [0.25, 0.3) is 11.3 Å². The van der Waals surface area contributed by atoms with Crippen LogP contribution >= 0.6 is 0 Å². The first-order chi connectivity index (χ1) is 14.5. The Morgan fingerprint density at radius 3 is 2.67 bits per heavy atom. The largest absolute Gasteiger partial charge is 0.488 e. The van der Waals surface area contributed by atoms with Crippen LogP contribution < -0.4 is 0 Å². The van der Waals surface area contributed by atoms with Gasteiger partial charge < -0.3 is 9.47 Å². The van der Waals surface area contributed by atoms with Gasteiger partial charge in [-0.25, -0.2) is 4.99 Å². The van der Waals surface area contributed by atoms with E-state index in [0.717, 1.165) is 25.0 Å². The standard InChI is InChI=1S/C23H19F3N2O2/c24-23(25,26)18-8-6-17(7-9-18)21-13-19(10-11-27-21)28-22-15-29-14-20(30-22)12-16-4-2-1-3-5-16/h1-2,4,6-11,13-14H,3,5,12,15H2. The molecule has 2 aliphatic rings. The van der Waals surface area contributed by atoms with Crippen LogP contribution in [0.4, 0.5) is 18.9 Å². The zero-order chi connectivity index (χ0) is 21.0. The number of hydrogen-bond acceptors (Lipinski definition) is 4. The molecule has 30 heavy (non-hydrogen) atoms. The van der Waals surface area contributed by atoms with E-state index in [2.05, 4.69) is 22.1 Å². The normalized spacial score (nSPS) is 17.8. The van der Waals surface area contributed by atoms with E-state index < -0.39 is 11.7 Å². The van der Waals surface area contributed by atoms with Gasteiger partial charge in [0.1, 0.15) is 12.0 Å². The van der Waals surface area contributed by atoms with Crippen molar-refractivity contribution in [2.45, 2.75) is 25.4 Å². The Labute approximate surface area is 172 Å². The van der Waals surface area contributed by atoms with E-state index >= 15 is 0 Å². The highest BCUT2D eigenvalue weighted by molar-refractivity contribution is 5.82. The fraction of sp³-hybridized carbons (Fsp3) is 0.217. The number of allylic oxidation sites excluding steroid dienone is 4. The molecule has 1 aromatic heterocycles. The summed E-state index contributed by atoms with van der Waals surface area (Å²) < 4.78 is 49.6. The maximum atomic E-state index is 12.8. The second kappa shape index (κ2) is 8.57. The lowest BCUT2D eigenvalue weighted by Crippen LogP contribution is -2.16. The fourth-order valence-corrected chi connectivity index (χ4v) is 3.19. The molecular weight excluding hydrogens is 393 g/mol. The molecule has 0 radical (unpaired) electrons. The number of benzene rings is 1. The molecule has 2 aromatic rings. The third-order valence-corrected chi connectivity index (χ3v) is 4.68. The van der Waals surface area contributed by atoms with E-state index in [1.807, 2.05) is 6.08 Å². The van der Waals surface area contributed by atoms with Gasteiger partial charge in [-0.3, -0.25) is 4.98 Å². The van der Waals surface area contributed by atoms with E-state index in [1.165, 1.54) is 17.7 Å². The fourth-order valence-electron chi connectivity index (χ4n) is 3.19. The lowest BCUT2D eigenvalue weighted by Gasteiger charge is -2.18. The predicted molar refractivity (Wildman–Crippen MR) is 108 cm³/mol. The van der Waals surface area contributed by atoms with Gasteiger partial charge in [0.2, 0.25) is 5.90 Å². The van der Waals surface area contributed by atoms with Gasteiger partial charge in [0.15, 0.2) is 6.61 Å². The summed E-state index contributed by atoms with van der Waals surface area (Å²) >= 11 is 0. The highest BCUT2D eigenvalue weighted by Crippen LogP contribution is 2.31. The van der Waals surface area contributed by atoms with Crippen LogP contribution in [0.3, 0.4) is 0 Å². The van der Waals surface area contributed by atoms with Gasteiger partial charge in [0.25, 0.3) is 0 Å². The molecule has 0 saturated carbocycles. The molecule has 4 rings (SSSR count). The number of rotatable bonds is 4. The number of halogens is 3. The van der Waals surface area contributed by atoms with Gasteiger partial charge >= 0.3 is 6.18 Å². The minimum atomic E-state index is -4.37. The smallest absolute Gasteiger partial charge is 0.416 e. The quantitative estimate of drug-likeness (QED) is 0.588. The van der Waals surface area contributed by atoms with Crippen LogP contribution in [0.1, 0.15) is 24.8 Å². The first-order valence-corrected chi connectivity index (χ1v) is 9.52. The van der Waals surface area contributed by atoms with Crippen molar-refractivity contribution >= 4 is 11.6 Å². The first kappa shape index (κ1) is 19.9. The first-order valence-electron chi connectivity index (χ1n) is 9.52. The van der Waals surface area contributed by atoms with Crippen LogP contribution in [0.15, 0.2) is 83.4 Å². The van der Waals surface area contributed by atoms with E-state index in [-0.39, 0.29) is 6.61 Å². The number of hydrogen-bond donors (Lipinski definition) is 0. The Morgan fingerprint density at radius 2 is 1.93 bits per heavy atom. The molecule has 154 valence electrons. The zero-order valence-electron chi connectivity index (χ0n) is 16.0. The molecule has 1 aromatic carbocycles. The van der Waals surface area contributed by atoms with E-state index in [9.17, 15) is 13.2 Å². The van der Waals surface area contributed by atoms with Gasteiger partial charge in [-0.15, -0.1) is 0 Å². The second-order valence-electron chi connectivity index (χ2n) is 6.95. The van der Waals surface area contributed by atoms with Crippen LogP contribution in [-0.2, 0) is 15.7 Å². The topological polar surface area (TPSA) is 43.7 Å². The number of pyridine rings is 1. The van der Waals surface area contributed by atoms with Crippen LogP contribution in [0.5, 0.6) is 0 Å². The molecule has 0 bridgehead atoms. The van der Waals surface area contributed by atoms with Crippen molar-refractivity contribution in [1.29, 1.82) is 0 Å². The van der Waals surface area contributed by atoms with Gasteiger partial charge in [-0.1, -0.05) is 35.9 Å². The van der Waals surface area contributed by atoms with Gasteiger partial charge in [-0.2, -0.15) is 13.2 Å². The Bertz CT molecular complexity index is 1040.